The summed E-state index contributed by atoms with van der Waals surface area (Å²) in [6.07, 6.45) is 4.21. The van der Waals surface area contributed by atoms with Gasteiger partial charge in [-0.2, -0.15) is 0 Å². The summed E-state index contributed by atoms with van der Waals surface area (Å²) in [6.45, 7) is 4.62. The van der Waals surface area contributed by atoms with E-state index >= 15 is 0 Å². The molecule has 1 aromatic carbocycles. The van der Waals surface area contributed by atoms with Gasteiger partial charge in [-0.05, 0) is 31.4 Å². The Morgan fingerprint density at radius 1 is 1.20 bits per heavy atom. The monoisotopic (exact) mass is 210 g/mol. The van der Waals surface area contributed by atoms with Gasteiger partial charge in [-0.1, -0.05) is 25.8 Å². The zero-order chi connectivity index (χ0) is 11.1. The van der Waals surface area contributed by atoms with Crippen molar-refractivity contribution in [3.05, 3.63) is 29.6 Å². The number of rotatable bonds is 6. The van der Waals surface area contributed by atoms with E-state index in [-0.39, 0.29) is 5.82 Å². The first-order valence-corrected chi connectivity index (χ1v) is 5.69. The van der Waals surface area contributed by atoms with E-state index in [0.29, 0.717) is 12.4 Å². The lowest BCUT2D eigenvalue weighted by atomic mass is 10.1. The van der Waals surface area contributed by atoms with Crippen LogP contribution < -0.4 is 4.74 Å². The summed E-state index contributed by atoms with van der Waals surface area (Å²) in [5.41, 5.74) is 0.798. The maximum absolute atomic E-state index is 13.5. The highest BCUT2D eigenvalue weighted by molar-refractivity contribution is 5.29. The highest BCUT2D eigenvalue weighted by Gasteiger charge is 2.03. The van der Waals surface area contributed by atoms with Crippen LogP contribution in [0.2, 0.25) is 0 Å². The van der Waals surface area contributed by atoms with Gasteiger partial charge in [0.2, 0.25) is 0 Å². The van der Waals surface area contributed by atoms with Crippen molar-refractivity contribution in [1.82, 2.24) is 0 Å². The molecular weight excluding hydrogens is 191 g/mol. The van der Waals surface area contributed by atoms with E-state index in [0.717, 1.165) is 24.8 Å². The SMILES string of the molecule is CCCCCc1ccc(OCC)cc1F. The Kier molecular flexibility index (Phi) is 5.16. The lowest BCUT2D eigenvalue weighted by Gasteiger charge is -2.06. The van der Waals surface area contributed by atoms with Crippen LogP contribution >= 0.6 is 0 Å². The third kappa shape index (κ3) is 3.90. The predicted molar refractivity (Wildman–Crippen MR) is 60.8 cm³/mol. The topological polar surface area (TPSA) is 9.23 Å². The Bertz CT molecular complexity index is 297. The first-order valence-electron chi connectivity index (χ1n) is 5.69. The normalized spacial score (nSPS) is 10.3. The minimum atomic E-state index is -0.142. The molecule has 0 saturated heterocycles. The Morgan fingerprint density at radius 3 is 2.60 bits per heavy atom. The molecule has 84 valence electrons. The van der Waals surface area contributed by atoms with Crippen molar-refractivity contribution in [2.24, 2.45) is 0 Å². The van der Waals surface area contributed by atoms with E-state index < -0.39 is 0 Å². The van der Waals surface area contributed by atoms with Gasteiger partial charge in [-0.25, -0.2) is 4.39 Å². The fourth-order valence-corrected chi connectivity index (χ4v) is 1.55. The van der Waals surface area contributed by atoms with Crippen molar-refractivity contribution in [2.45, 2.75) is 39.5 Å². The van der Waals surface area contributed by atoms with Gasteiger partial charge in [-0.3, -0.25) is 0 Å². The average molecular weight is 210 g/mol. The third-order valence-corrected chi connectivity index (χ3v) is 2.39. The molecule has 0 bridgehead atoms. The van der Waals surface area contributed by atoms with Crippen molar-refractivity contribution < 1.29 is 9.13 Å². The van der Waals surface area contributed by atoms with E-state index in [2.05, 4.69) is 6.92 Å². The van der Waals surface area contributed by atoms with Crippen molar-refractivity contribution in [2.75, 3.05) is 6.61 Å². The second-order valence-corrected chi connectivity index (χ2v) is 3.64. The van der Waals surface area contributed by atoms with Crippen LogP contribution in [0.15, 0.2) is 18.2 Å². The van der Waals surface area contributed by atoms with E-state index in [9.17, 15) is 4.39 Å². The summed E-state index contributed by atoms with van der Waals surface area (Å²) < 4.78 is 18.7. The predicted octanol–water partition coefficient (Wildman–Crippen LogP) is 3.96. The lowest BCUT2D eigenvalue weighted by molar-refractivity contribution is 0.338. The van der Waals surface area contributed by atoms with Crippen LogP contribution in [0.5, 0.6) is 5.75 Å². The molecule has 2 heteroatoms. The highest BCUT2D eigenvalue weighted by atomic mass is 19.1. The summed E-state index contributed by atoms with van der Waals surface area (Å²) in [6, 6.07) is 5.15. The number of benzene rings is 1. The Morgan fingerprint density at radius 2 is 2.00 bits per heavy atom. The molecular formula is C13H19FO. The summed E-state index contributed by atoms with van der Waals surface area (Å²) in [5, 5.41) is 0. The molecule has 0 atom stereocenters. The minimum absolute atomic E-state index is 0.142. The van der Waals surface area contributed by atoms with Crippen molar-refractivity contribution in [3.8, 4) is 5.75 Å². The molecule has 0 aliphatic heterocycles. The molecule has 0 heterocycles. The van der Waals surface area contributed by atoms with Crippen molar-refractivity contribution in [3.63, 3.8) is 0 Å². The number of halogens is 1. The maximum Gasteiger partial charge on any atom is 0.130 e. The summed E-state index contributed by atoms with van der Waals surface area (Å²) in [5.74, 6) is 0.478. The zero-order valence-corrected chi connectivity index (χ0v) is 9.55. The molecule has 0 spiro atoms. The Labute approximate surface area is 91.3 Å². The van der Waals surface area contributed by atoms with Gasteiger partial charge in [0.15, 0.2) is 0 Å². The van der Waals surface area contributed by atoms with E-state index in [1.54, 1.807) is 0 Å². The molecule has 0 N–H and O–H groups in total. The van der Waals surface area contributed by atoms with E-state index in [1.165, 1.54) is 12.5 Å². The molecule has 0 aliphatic rings. The zero-order valence-electron chi connectivity index (χ0n) is 9.55. The quantitative estimate of drug-likeness (QED) is 0.646. The van der Waals surface area contributed by atoms with Crippen LogP contribution in [-0.2, 0) is 6.42 Å². The molecule has 0 aliphatic carbocycles. The molecule has 0 unspecified atom stereocenters. The summed E-state index contributed by atoms with van der Waals surface area (Å²) in [4.78, 5) is 0. The molecule has 0 fully saturated rings. The molecule has 0 saturated carbocycles. The number of hydrogen-bond acceptors (Lipinski definition) is 1. The fraction of sp³-hybridized carbons (Fsp3) is 0.538. The first kappa shape index (κ1) is 12.0. The third-order valence-electron chi connectivity index (χ3n) is 2.39. The van der Waals surface area contributed by atoms with Gasteiger partial charge in [0.05, 0.1) is 6.61 Å². The standard InChI is InChI=1S/C13H19FO/c1-3-5-6-7-11-8-9-12(15-4-2)10-13(11)14/h8-10H,3-7H2,1-2H3. The van der Waals surface area contributed by atoms with Gasteiger partial charge >= 0.3 is 0 Å². The largest absolute Gasteiger partial charge is 0.494 e. The van der Waals surface area contributed by atoms with Crippen LogP contribution in [0.1, 0.15) is 38.7 Å². The highest BCUT2D eigenvalue weighted by Crippen LogP contribution is 2.18. The second-order valence-electron chi connectivity index (χ2n) is 3.64. The molecule has 15 heavy (non-hydrogen) atoms. The van der Waals surface area contributed by atoms with E-state index in [4.69, 9.17) is 4.74 Å². The smallest absolute Gasteiger partial charge is 0.130 e. The van der Waals surface area contributed by atoms with E-state index in [1.807, 2.05) is 19.1 Å². The van der Waals surface area contributed by atoms with Gasteiger partial charge in [0, 0.05) is 6.07 Å². The number of unbranched alkanes of at least 4 members (excludes halogenated alkanes) is 2. The van der Waals surface area contributed by atoms with Crippen LogP contribution in [0, 0.1) is 5.82 Å². The van der Waals surface area contributed by atoms with Crippen molar-refractivity contribution >= 4 is 0 Å². The molecule has 0 aromatic heterocycles. The lowest BCUT2D eigenvalue weighted by Crippen LogP contribution is -1.95. The van der Waals surface area contributed by atoms with Crippen LogP contribution in [0.25, 0.3) is 0 Å². The van der Waals surface area contributed by atoms with Crippen LogP contribution in [0.3, 0.4) is 0 Å². The first-order chi connectivity index (χ1) is 7.27. The van der Waals surface area contributed by atoms with Gasteiger partial charge < -0.3 is 4.74 Å². The molecule has 0 amide bonds. The number of aryl methyl sites for hydroxylation is 1. The minimum Gasteiger partial charge on any atom is -0.494 e. The summed E-state index contributed by atoms with van der Waals surface area (Å²) in [7, 11) is 0. The van der Waals surface area contributed by atoms with Crippen molar-refractivity contribution in [1.29, 1.82) is 0 Å². The Balaban J connectivity index is 2.58. The number of hydrogen-bond donors (Lipinski definition) is 0. The maximum atomic E-state index is 13.5. The molecule has 1 aromatic rings. The number of ether oxygens (including phenoxy) is 1. The molecule has 0 radical (unpaired) electrons. The fourth-order valence-electron chi connectivity index (χ4n) is 1.55. The summed E-state index contributed by atoms with van der Waals surface area (Å²) >= 11 is 0. The second kappa shape index (κ2) is 6.44. The molecule has 1 nitrogen and oxygen atoms in total. The van der Waals surface area contributed by atoms with Gasteiger partial charge in [0.25, 0.3) is 0 Å². The van der Waals surface area contributed by atoms with Crippen LogP contribution in [0.4, 0.5) is 4.39 Å². The van der Waals surface area contributed by atoms with Gasteiger partial charge in [0.1, 0.15) is 11.6 Å². The Hall–Kier alpha value is -1.05. The van der Waals surface area contributed by atoms with Crippen LogP contribution in [-0.4, -0.2) is 6.61 Å². The average Bonchev–Trinajstić information content (AvgIpc) is 2.22. The van der Waals surface area contributed by atoms with Gasteiger partial charge in [-0.15, -0.1) is 0 Å². The molecule has 1 rings (SSSR count).